The maximum Gasteiger partial charge on any atom is 0.345 e. The van der Waals surface area contributed by atoms with Gasteiger partial charge in [-0.05, 0) is 50.1 Å². The minimum Gasteiger partial charge on any atom is -0.506 e. The van der Waals surface area contributed by atoms with Crippen LogP contribution in [-0.2, 0) is 20.0 Å². The summed E-state index contributed by atoms with van der Waals surface area (Å²) in [5.74, 6) is -1.89. The Morgan fingerprint density at radius 1 is 1.26 bits per heavy atom. The lowest BCUT2D eigenvalue weighted by molar-refractivity contribution is 0.0691. The first-order valence-corrected chi connectivity index (χ1v) is 10.8. The molecule has 1 aliphatic carbocycles. The molecule has 3 N–H and O–H groups in total. The number of aromatic hydroxyl groups is 1. The van der Waals surface area contributed by atoms with Crippen molar-refractivity contribution in [1.82, 2.24) is 14.5 Å². The molecule has 0 atom stereocenters. The molecule has 7 nitrogen and oxygen atoms in total. The number of rotatable bonds is 6. The number of benzene rings is 1. The Morgan fingerprint density at radius 2 is 1.97 bits per heavy atom. The van der Waals surface area contributed by atoms with E-state index in [1.807, 2.05) is 25.1 Å². The zero-order chi connectivity index (χ0) is 22.3. The number of aryl methyl sites for hydroxylation is 1. The largest absolute Gasteiger partial charge is 0.506 e. The van der Waals surface area contributed by atoms with Gasteiger partial charge in [0.1, 0.15) is 5.75 Å². The van der Waals surface area contributed by atoms with Crippen LogP contribution in [0.25, 0.3) is 22.2 Å². The van der Waals surface area contributed by atoms with Gasteiger partial charge >= 0.3 is 5.97 Å². The Kier molecular flexibility index (Phi) is 5.62. The van der Waals surface area contributed by atoms with Crippen LogP contribution in [0.3, 0.4) is 0 Å². The third-order valence-corrected chi connectivity index (χ3v) is 6.65. The van der Waals surface area contributed by atoms with E-state index in [1.165, 1.54) is 31.4 Å². The third kappa shape index (κ3) is 3.74. The molecule has 1 aliphatic rings. The molecule has 1 aromatic carbocycles. The van der Waals surface area contributed by atoms with Crippen LogP contribution in [0.5, 0.6) is 5.75 Å². The molecule has 7 heteroatoms. The Hall–Kier alpha value is -3.06. The van der Waals surface area contributed by atoms with Gasteiger partial charge < -0.3 is 19.8 Å². The second-order valence-corrected chi connectivity index (χ2v) is 8.51. The molecule has 0 amide bonds. The Bertz CT molecular complexity index is 1200. The fourth-order valence-corrected chi connectivity index (χ4v) is 4.86. The minimum atomic E-state index is -1.44. The molecule has 0 spiro atoms. The van der Waals surface area contributed by atoms with E-state index in [4.69, 9.17) is 0 Å². The molecule has 1 saturated carbocycles. The van der Waals surface area contributed by atoms with Crippen molar-refractivity contribution < 1.29 is 15.0 Å². The summed E-state index contributed by atoms with van der Waals surface area (Å²) in [6, 6.07) is 8.69. The standard InChI is InChI=1S/C24H29N3O4/c1-4-18-21(25-23(29)20(22(18)28)24(30)31)14-9-10-19-15(11-14)12-17(27(19)3)13-26(2)16-7-5-6-8-16/h9-12,16H,4-8,13H2,1-3H3,(H,30,31)(H2,25,28,29). The first-order valence-electron chi connectivity index (χ1n) is 10.8. The van der Waals surface area contributed by atoms with Gasteiger partial charge in [-0.15, -0.1) is 0 Å². The van der Waals surface area contributed by atoms with E-state index in [0.717, 1.165) is 23.0 Å². The number of aromatic nitrogens is 2. The van der Waals surface area contributed by atoms with Crippen LogP contribution in [0.2, 0.25) is 0 Å². The highest BCUT2D eigenvalue weighted by Gasteiger charge is 2.23. The summed E-state index contributed by atoms with van der Waals surface area (Å²) in [4.78, 5) is 28.8. The van der Waals surface area contributed by atoms with Crippen LogP contribution < -0.4 is 5.56 Å². The number of hydrogen-bond acceptors (Lipinski definition) is 4. The fourth-order valence-electron chi connectivity index (χ4n) is 4.86. The van der Waals surface area contributed by atoms with E-state index in [1.54, 1.807) is 0 Å². The van der Waals surface area contributed by atoms with Gasteiger partial charge in [-0.1, -0.05) is 25.8 Å². The van der Waals surface area contributed by atoms with Crippen molar-refractivity contribution in [3.05, 3.63) is 51.4 Å². The van der Waals surface area contributed by atoms with Gasteiger partial charge in [0.15, 0.2) is 5.56 Å². The third-order valence-electron chi connectivity index (χ3n) is 6.65. The van der Waals surface area contributed by atoms with Crippen molar-refractivity contribution in [3.8, 4) is 17.0 Å². The molecule has 2 aromatic heterocycles. The van der Waals surface area contributed by atoms with Gasteiger partial charge in [0, 0.05) is 41.8 Å². The molecule has 0 bridgehead atoms. The van der Waals surface area contributed by atoms with Crippen molar-refractivity contribution in [2.24, 2.45) is 7.05 Å². The molecule has 4 rings (SSSR count). The number of pyridine rings is 1. The van der Waals surface area contributed by atoms with E-state index in [-0.39, 0.29) is 0 Å². The number of nitrogens with one attached hydrogen (secondary N) is 1. The number of aromatic carboxylic acids is 1. The summed E-state index contributed by atoms with van der Waals surface area (Å²) in [5.41, 5.74) is 2.52. The predicted molar refractivity (Wildman–Crippen MR) is 121 cm³/mol. The van der Waals surface area contributed by atoms with Gasteiger partial charge in [0.2, 0.25) is 0 Å². The van der Waals surface area contributed by atoms with Crippen molar-refractivity contribution in [3.63, 3.8) is 0 Å². The van der Waals surface area contributed by atoms with E-state index in [9.17, 15) is 19.8 Å². The highest BCUT2D eigenvalue weighted by atomic mass is 16.4. The number of carboxylic acid groups (broad SMARTS) is 1. The van der Waals surface area contributed by atoms with Crippen LogP contribution in [0.4, 0.5) is 0 Å². The second-order valence-electron chi connectivity index (χ2n) is 8.51. The van der Waals surface area contributed by atoms with Crippen molar-refractivity contribution in [1.29, 1.82) is 0 Å². The zero-order valence-corrected chi connectivity index (χ0v) is 18.2. The van der Waals surface area contributed by atoms with Gasteiger partial charge in [-0.3, -0.25) is 9.69 Å². The molecule has 3 aromatic rings. The number of carbonyl (C=O) groups is 1. The molecule has 2 heterocycles. The normalized spacial score (nSPS) is 14.7. The monoisotopic (exact) mass is 423 g/mol. The summed E-state index contributed by atoms with van der Waals surface area (Å²) in [6.45, 7) is 2.69. The van der Waals surface area contributed by atoms with Crippen LogP contribution in [0.1, 0.15) is 54.2 Å². The molecular formula is C24H29N3O4. The summed E-state index contributed by atoms with van der Waals surface area (Å²) < 4.78 is 2.19. The van der Waals surface area contributed by atoms with Crippen molar-refractivity contribution >= 4 is 16.9 Å². The molecule has 31 heavy (non-hydrogen) atoms. The maximum atomic E-state index is 12.3. The Balaban J connectivity index is 1.75. The van der Waals surface area contributed by atoms with E-state index < -0.39 is 22.8 Å². The number of H-pyrrole nitrogens is 1. The summed E-state index contributed by atoms with van der Waals surface area (Å²) in [6.07, 6.45) is 5.52. The van der Waals surface area contributed by atoms with Crippen LogP contribution >= 0.6 is 0 Å². The number of carboxylic acids is 1. The topological polar surface area (TPSA) is 98.6 Å². The SMILES string of the molecule is CCc1c(-c2ccc3c(c2)cc(CN(C)C2CCCC2)n3C)[nH]c(=O)c(C(=O)O)c1O. The molecule has 0 saturated heterocycles. The molecule has 164 valence electrons. The van der Waals surface area contributed by atoms with Crippen LogP contribution in [-0.4, -0.2) is 43.7 Å². The quantitative estimate of drug-likeness (QED) is 0.559. The predicted octanol–water partition coefficient (Wildman–Crippen LogP) is 3.87. The molecule has 0 radical (unpaired) electrons. The van der Waals surface area contributed by atoms with Crippen molar-refractivity contribution in [2.75, 3.05) is 7.05 Å². The average molecular weight is 424 g/mol. The van der Waals surface area contributed by atoms with Gasteiger partial charge in [0.25, 0.3) is 5.56 Å². The average Bonchev–Trinajstić information content (AvgIpc) is 3.36. The van der Waals surface area contributed by atoms with Gasteiger partial charge in [0.05, 0.1) is 5.69 Å². The first-order chi connectivity index (χ1) is 14.8. The lowest BCUT2D eigenvalue weighted by atomic mass is 9.99. The number of aromatic amines is 1. The first kappa shape index (κ1) is 21.2. The highest BCUT2D eigenvalue weighted by Crippen LogP contribution is 2.32. The minimum absolute atomic E-state index is 0.391. The maximum absolute atomic E-state index is 12.3. The fraction of sp³-hybridized carbons (Fsp3) is 0.417. The number of hydrogen-bond donors (Lipinski definition) is 3. The lowest BCUT2D eigenvalue weighted by Gasteiger charge is -2.24. The van der Waals surface area contributed by atoms with Crippen molar-refractivity contribution in [2.45, 2.75) is 51.6 Å². The number of fused-ring (bicyclic) bond motifs is 1. The van der Waals surface area contributed by atoms with Crippen LogP contribution in [0, 0.1) is 0 Å². The van der Waals surface area contributed by atoms with E-state index in [0.29, 0.717) is 23.7 Å². The zero-order valence-electron chi connectivity index (χ0n) is 18.2. The Morgan fingerprint density at radius 3 is 2.61 bits per heavy atom. The van der Waals surface area contributed by atoms with Gasteiger partial charge in [-0.25, -0.2) is 4.79 Å². The second kappa shape index (κ2) is 8.23. The Labute approximate surface area is 180 Å². The lowest BCUT2D eigenvalue weighted by Crippen LogP contribution is -2.29. The summed E-state index contributed by atoms with van der Waals surface area (Å²) >= 11 is 0. The number of nitrogens with zero attached hydrogens (tertiary/aromatic N) is 2. The van der Waals surface area contributed by atoms with Crippen LogP contribution in [0.15, 0.2) is 29.1 Å². The van der Waals surface area contributed by atoms with Gasteiger partial charge in [-0.2, -0.15) is 0 Å². The molecule has 0 aliphatic heterocycles. The molecular weight excluding hydrogens is 394 g/mol. The summed E-state index contributed by atoms with van der Waals surface area (Å²) in [5, 5.41) is 20.7. The highest BCUT2D eigenvalue weighted by molar-refractivity contribution is 5.92. The summed E-state index contributed by atoms with van der Waals surface area (Å²) in [7, 11) is 4.25. The van der Waals surface area contributed by atoms with E-state index in [2.05, 4.69) is 34.6 Å². The molecule has 1 fully saturated rings. The van der Waals surface area contributed by atoms with E-state index >= 15 is 0 Å². The smallest absolute Gasteiger partial charge is 0.345 e. The molecule has 0 unspecified atom stereocenters.